The summed E-state index contributed by atoms with van der Waals surface area (Å²) in [6, 6.07) is 0. The van der Waals surface area contributed by atoms with E-state index in [0.29, 0.717) is 0 Å². The highest BCUT2D eigenvalue weighted by molar-refractivity contribution is 4.83. The maximum absolute atomic E-state index is 2.48. The Labute approximate surface area is 145 Å². The quantitative estimate of drug-likeness (QED) is 0.278. The van der Waals surface area contributed by atoms with E-state index in [9.17, 15) is 0 Å². The van der Waals surface area contributed by atoms with Crippen molar-refractivity contribution in [3.63, 3.8) is 0 Å². The van der Waals surface area contributed by atoms with E-state index in [1.54, 1.807) is 0 Å². The Morgan fingerprint density at radius 2 is 1.26 bits per heavy atom. The summed E-state index contributed by atoms with van der Waals surface area (Å²) < 4.78 is 4.78. The summed E-state index contributed by atoms with van der Waals surface area (Å²) in [6.07, 6.45) is 23.9. The van der Waals surface area contributed by atoms with E-state index in [2.05, 4.69) is 42.4 Å². The zero-order chi connectivity index (χ0) is 16.8. The highest BCUT2D eigenvalue weighted by atomic mass is 15.1. The standard InChI is InChI=1S/C21H41N2/c1-4-6-8-9-10-11-12-13-14-15-16-18-23-20-19-22(3)21(23)17-7-5-2/h19-20H,4-18H2,1-3H3/q+1. The van der Waals surface area contributed by atoms with Gasteiger partial charge < -0.3 is 0 Å². The van der Waals surface area contributed by atoms with Gasteiger partial charge in [-0.1, -0.05) is 78.1 Å². The van der Waals surface area contributed by atoms with E-state index in [1.807, 2.05) is 0 Å². The van der Waals surface area contributed by atoms with Gasteiger partial charge in [0.25, 0.3) is 5.82 Å². The van der Waals surface area contributed by atoms with Crippen LogP contribution in [0.3, 0.4) is 0 Å². The minimum atomic E-state index is 1.21. The lowest BCUT2D eigenvalue weighted by atomic mass is 10.1. The van der Waals surface area contributed by atoms with Crippen LogP contribution in [-0.4, -0.2) is 4.57 Å². The van der Waals surface area contributed by atoms with Crippen LogP contribution in [0.5, 0.6) is 0 Å². The van der Waals surface area contributed by atoms with Crippen molar-refractivity contribution >= 4 is 0 Å². The van der Waals surface area contributed by atoms with E-state index in [1.165, 1.54) is 102 Å². The van der Waals surface area contributed by atoms with Gasteiger partial charge in [-0.05, 0) is 19.3 Å². The third-order valence-corrected chi connectivity index (χ3v) is 4.97. The molecule has 134 valence electrons. The fourth-order valence-electron chi connectivity index (χ4n) is 3.36. The van der Waals surface area contributed by atoms with Crippen molar-refractivity contribution in [2.75, 3.05) is 0 Å². The number of hydrogen-bond acceptors (Lipinski definition) is 0. The Balaban J connectivity index is 2.01. The normalized spacial score (nSPS) is 11.3. The maximum atomic E-state index is 2.48. The lowest BCUT2D eigenvalue weighted by molar-refractivity contribution is -0.678. The number of hydrogen-bond donors (Lipinski definition) is 0. The first-order valence-electron chi connectivity index (χ1n) is 10.3. The van der Waals surface area contributed by atoms with Crippen molar-refractivity contribution in [1.82, 2.24) is 4.57 Å². The number of nitrogens with zero attached hydrogens (tertiary/aromatic N) is 2. The van der Waals surface area contributed by atoms with Crippen LogP contribution in [0.25, 0.3) is 0 Å². The number of aryl methyl sites for hydroxylation is 2. The molecule has 0 bridgehead atoms. The molecule has 0 amide bonds. The Morgan fingerprint density at radius 3 is 1.83 bits per heavy atom. The summed E-state index contributed by atoms with van der Waals surface area (Å²) in [6.45, 7) is 5.77. The third-order valence-electron chi connectivity index (χ3n) is 4.97. The lowest BCUT2D eigenvalue weighted by Crippen LogP contribution is -2.32. The minimum Gasteiger partial charge on any atom is -0.237 e. The number of aromatic nitrogens is 2. The van der Waals surface area contributed by atoms with Gasteiger partial charge in [-0.15, -0.1) is 0 Å². The largest absolute Gasteiger partial charge is 0.256 e. The first-order chi connectivity index (χ1) is 11.3. The van der Waals surface area contributed by atoms with Crippen LogP contribution in [0, 0.1) is 0 Å². The molecule has 0 aliphatic rings. The van der Waals surface area contributed by atoms with Gasteiger partial charge in [-0.25, -0.2) is 9.13 Å². The monoisotopic (exact) mass is 321 g/mol. The molecule has 0 radical (unpaired) electrons. The molecule has 0 aliphatic heterocycles. The van der Waals surface area contributed by atoms with Crippen molar-refractivity contribution < 1.29 is 4.57 Å². The summed E-state index contributed by atoms with van der Waals surface area (Å²) >= 11 is 0. The molecule has 1 heterocycles. The van der Waals surface area contributed by atoms with Crippen LogP contribution in [0.2, 0.25) is 0 Å². The van der Waals surface area contributed by atoms with Crippen LogP contribution < -0.4 is 4.57 Å². The molecule has 0 aliphatic carbocycles. The van der Waals surface area contributed by atoms with Crippen LogP contribution in [0.4, 0.5) is 0 Å². The lowest BCUT2D eigenvalue weighted by Gasteiger charge is -2.04. The Hall–Kier alpha value is -0.790. The zero-order valence-electron chi connectivity index (χ0n) is 16.2. The summed E-state index contributed by atoms with van der Waals surface area (Å²) in [5, 5.41) is 0. The van der Waals surface area contributed by atoms with Gasteiger partial charge >= 0.3 is 0 Å². The van der Waals surface area contributed by atoms with Gasteiger partial charge in [0, 0.05) is 6.42 Å². The van der Waals surface area contributed by atoms with Gasteiger partial charge in [0.05, 0.1) is 13.6 Å². The van der Waals surface area contributed by atoms with E-state index in [4.69, 9.17) is 0 Å². The smallest absolute Gasteiger partial charge is 0.237 e. The summed E-state index contributed by atoms with van der Waals surface area (Å²) in [7, 11) is 2.18. The van der Waals surface area contributed by atoms with Gasteiger partial charge in [0.2, 0.25) is 0 Å². The van der Waals surface area contributed by atoms with Gasteiger partial charge in [0.1, 0.15) is 12.4 Å². The second-order valence-electron chi connectivity index (χ2n) is 7.16. The zero-order valence-corrected chi connectivity index (χ0v) is 16.2. The molecule has 2 heteroatoms. The topological polar surface area (TPSA) is 8.81 Å². The number of unbranched alkanes of at least 4 members (excludes halogenated alkanes) is 11. The highest BCUT2D eigenvalue weighted by Crippen LogP contribution is 2.12. The number of imidazole rings is 1. The molecule has 0 spiro atoms. The molecular weight excluding hydrogens is 280 g/mol. The van der Waals surface area contributed by atoms with Crippen molar-refractivity contribution in [2.24, 2.45) is 7.05 Å². The summed E-state index contributed by atoms with van der Waals surface area (Å²) in [5.41, 5.74) is 0. The van der Waals surface area contributed by atoms with E-state index < -0.39 is 0 Å². The molecule has 1 rings (SSSR count). The average Bonchev–Trinajstić information content (AvgIpc) is 2.90. The summed E-state index contributed by atoms with van der Waals surface area (Å²) in [5.74, 6) is 1.50. The fourth-order valence-corrected chi connectivity index (χ4v) is 3.36. The Kier molecular flexibility index (Phi) is 12.0. The molecule has 23 heavy (non-hydrogen) atoms. The maximum Gasteiger partial charge on any atom is 0.256 e. The Bertz CT molecular complexity index is 381. The molecule has 0 atom stereocenters. The minimum absolute atomic E-state index is 1.21. The van der Waals surface area contributed by atoms with E-state index in [-0.39, 0.29) is 0 Å². The van der Waals surface area contributed by atoms with Gasteiger partial charge in [0.15, 0.2) is 0 Å². The predicted molar refractivity (Wildman–Crippen MR) is 101 cm³/mol. The molecule has 0 saturated heterocycles. The van der Waals surface area contributed by atoms with Gasteiger partial charge in [-0.3, -0.25) is 0 Å². The van der Waals surface area contributed by atoms with E-state index in [0.717, 1.165) is 0 Å². The predicted octanol–water partition coefficient (Wildman–Crippen LogP) is 5.97. The van der Waals surface area contributed by atoms with E-state index >= 15 is 0 Å². The SMILES string of the molecule is CCCCCCCCCCCCCn1cc[n+](C)c1CCCC. The molecule has 0 fully saturated rings. The summed E-state index contributed by atoms with van der Waals surface area (Å²) in [4.78, 5) is 0. The second-order valence-corrected chi connectivity index (χ2v) is 7.16. The van der Waals surface area contributed by atoms with Crippen LogP contribution in [0.15, 0.2) is 12.4 Å². The van der Waals surface area contributed by atoms with Crippen molar-refractivity contribution in [2.45, 2.75) is 110 Å². The molecule has 2 nitrogen and oxygen atoms in total. The first-order valence-corrected chi connectivity index (χ1v) is 10.3. The van der Waals surface area contributed by atoms with Crippen LogP contribution in [0.1, 0.15) is 103 Å². The third kappa shape index (κ3) is 9.17. The molecule has 0 unspecified atom stereocenters. The molecular formula is C21H41N2+. The molecule has 1 aromatic heterocycles. The van der Waals surface area contributed by atoms with Crippen LogP contribution >= 0.6 is 0 Å². The van der Waals surface area contributed by atoms with Crippen LogP contribution in [-0.2, 0) is 20.0 Å². The molecule has 1 aromatic rings. The Morgan fingerprint density at radius 1 is 0.739 bits per heavy atom. The van der Waals surface area contributed by atoms with Crippen molar-refractivity contribution in [3.8, 4) is 0 Å². The van der Waals surface area contributed by atoms with Crippen molar-refractivity contribution in [1.29, 1.82) is 0 Å². The first kappa shape index (κ1) is 20.3. The number of rotatable bonds is 15. The highest BCUT2D eigenvalue weighted by Gasteiger charge is 2.12. The molecule has 0 saturated carbocycles. The fraction of sp³-hybridized carbons (Fsp3) is 0.857. The van der Waals surface area contributed by atoms with Crippen molar-refractivity contribution in [3.05, 3.63) is 18.2 Å². The average molecular weight is 322 g/mol. The molecule has 0 N–H and O–H groups in total. The second kappa shape index (κ2) is 13.6. The van der Waals surface area contributed by atoms with Gasteiger partial charge in [-0.2, -0.15) is 0 Å². The molecule has 0 aromatic carbocycles.